The molecule has 2 aromatic rings. The molecule has 0 heterocycles. The van der Waals surface area contributed by atoms with Crippen LogP contribution in [0.4, 0.5) is 0 Å². The van der Waals surface area contributed by atoms with Crippen LogP contribution in [0.5, 0.6) is 5.75 Å². The maximum absolute atomic E-state index is 12.0. The maximum atomic E-state index is 12.0. The van der Waals surface area contributed by atoms with Gasteiger partial charge in [-0.3, -0.25) is 4.79 Å². The summed E-state index contributed by atoms with van der Waals surface area (Å²) >= 11 is 0. The molecule has 0 saturated carbocycles. The zero-order valence-electron chi connectivity index (χ0n) is 13.2. The van der Waals surface area contributed by atoms with Crippen molar-refractivity contribution in [1.82, 2.24) is 0 Å². The standard InChI is InChI=1S/C19H20O4/c1-2-3-9-18(20)23-17-12-10-16(11-13-17)19(21)22-14-15-7-5-4-6-8-15/h4-8,10-13H,2-3,9,14H2,1H3. The average molecular weight is 312 g/mol. The van der Waals surface area contributed by atoms with Crippen molar-refractivity contribution in [3.63, 3.8) is 0 Å². The summed E-state index contributed by atoms with van der Waals surface area (Å²) in [7, 11) is 0. The second kappa shape index (κ2) is 8.73. The Hall–Kier alpha value is -2.62. The van der Waals surface area contributed by atoms with Gasteiger partial charge in [0.1, 0.15) is 12.4 Å². The van der Waals surface area contributed by atoms with Crippen molar-refractivity contribution >= 4 is 11.9 Å². The average Bonchev–Trinajstić information content (AvgIpc) is 2.59. The highest BCUT2D eigenvalue weighted by atomic mass is 16.5. The first-order valence-electron chi connectivity index (χ1n) is 7.71. The summed E-state index contributed by atoms with van der Waals surface area (Å²) in [4.78, 5) is 23.5. The number of hydrogen-bond acceptors (Lipinski definition) is 4. The van der Waals surface area contributed by atoms with Crippen LogP contribution in [-0.4, -0.2) is 11.9 Å². The van der Waals surface area contributed by atoms with E-state index in [1.165, 1.54) is 0 Å². The van der Waals surface area contributed by atoms with Gasteiger partial charge in [-0.15, -0.1) is 0 Å². The summed E-state index contributed by atoms with van der Waals surface area (Å²) in [5.74, 6) is -0.227. The molecule has 0 spiro atoms. The predicted molar refractivity (Wildman–Crippen MR) is 87.2 cm³/mol. The quantitative estimate of drug-likeness (QED) is 0.569. The van der Waals surface area contributed by atoms with Crippen molar-refractivity contribution in [2.24, 2.45) is 0 Å². The van der Waals surface area contributed by atoms with E-state index in [0.29, 0.717) is 17.7 Å². The molecule has 23 heavy (non-hydrogen) atoms. The lowest BCUT2D eigenvalue weighted by molar-refractivity contribution is -0.134. The van der Waals surface area contributed by atoms with E-state index in [1.54, 1.807) is 24.3 Å². The number of hydrogen-bond donors (Lipinski definition) is 0. The number of rotatable bonds is 7. The summed E-state index contributed by atoms with van der Waals surface area (Å²) in [6.07, 6.45) is 2.15. The highest BCUT2D eigenvalue weighted by Crippen LogP contribution is 2.15. The molecule has 0 fully saturated rings. The van der Waals surface area contributed by atoms with Crippen molar-refractivity contribution in [1.29, 1.82) is 0 Å². The van der Waals surface area contributed by atoms with Crippen LogP contribution in [0.1, 0.15) is 42.1 Å². The highest BCUT2D eigenvalue weighted by Gasteiger charge is 2.09. The lowest BCUT2D eigenvalue weighted by Crippen LogP contribution is -2.08. The Morgan fingerprint density at radius 1 is 0.957 bits per heavy atom. The zero-order valence-corrected chi connectivity index (χ0v) is 13.2. The van der Waals surface area contributed by atoms with E-state index >= 15 is 0 Å². The van der Waals surface area contributed by atoms with Gasteiger partial charge in [0, 0.05) is 6.42 Å². The molecule has 0 amide bonds. The molecule has 4 heteroatoms. The molecule has 2 aromatic carbocycles. The van der Waals surface area contributed by atoms with Gasteiger partial charge in [0.05, 0.1) is 5.56 Å². The zero-order chi connectivity index (χ0) is 16.5. The molecular formula is C19H20O4. The number of unbranched alkanes of at least 4 members (excludes halogenated alkanes) is 1. The van der Waals surface area contributed by atoms with E-state index in [4.69, 9.17) is 9.47 Å². The van der Waals surface area contributed by atoms with Crippen LogP contribution in [0.15, 0.2) is 54.6 Å². The molecule has 0 aliphatic carbocycles. The van der Waals surface area contributed by atoms with E-state index in [2.05, 4.69) is 0 Å². The molecule has 2 rings (SSSR count). The van der Waals surface area contributed by atoms with Crippen LogP contribution in [0, 0.1) is 0 Å². The number of carbonyl (C=O) groups excluding carboxylic acids is 2. The number of carbonyl (C=O) groups is 2. The molecule has 0 atom stereocenters. The minimum absolute atomic E-state index is 0.230. The molecule has 0 aromatic heterocycles. The van der Waals surface area contributed by atoms with Crippen molar-refractivity contribution in [3.8, 4) is 5.75 Å². The van der Waals surface area contributed by atoms with Crippen molar-refractivity contribution in [2.75, 3.05) is 0 Å². The van der Waals surface area contributed by atoms with Crippen LogP contribution in [-0.2, 0) is 16.1 Å². The van der Waals surface area contributed by atoms with E-state index in [-0.39, 0.29) is 12.6 Å². The molecule has 0 radical (unpaired) electrons. The number of benzene rings is 2. The van der Waals surface area contributed by atoms with Crippen LogP contribution in [0.3, 0.4) is 0 Å². The fraction of sp³-hybridized carbons (Fsp3) is 0.263. The number of esters is 2. The first-order valence-corrected chi connectivity index (χ1v) is 7.71. The van der Waals surface area contributed by atoms with Crippen molar-refractivity contribution < 1.29 is 19.1 Å². The minimum atomic E-state index is -0.405. The molecular weight excluding hydrogens is 292 g/mol. The summed E-state index contributed by atoms with van der Waals surface area (Å²) in [6, 6.07) is 15.9. The van der Waals surface area contributed by atoms with Gasteiger partial charge in [0.25, 0.3) is 0 Å². The first-order chi connectivity index (χ1) is 11.2. The largest absolute Gasteiger partial charge is 0.457 e. The molecule has 0 unspecified atom stereocenters. The van der Waals surface area contributed by atoms with Gasteiger partial charge < -0.3 is 9.47 Å². The molecule has 0 N–H and O–H groups in total. The van der Waals surface area contributed by atoms with Gasteiger partial charge in [-0.05, 0) is 36.2 Å². The molecule has 4 nitrogen and oxygen atoms in total. The van der Waals surface area contributed by atoms with E-state index in [9.17, 15) is 9.59 Å². The highest BCUT2D eigenvalue weighted by molar-refractivity contribution is 5.89. The van der Waals surface area contributed by atoms with Crippen molar-refractivity contribution in [3.05, 3.63) is 65.7 Å². The molecule has 0 saturated heterocycles. The van der Waals surface area contributed by atoms with E-state index < -0.39 is 5.97 Å². The lowest BCUT2D eigenvalue weighted by Gasteiger charge is -2.06. The van der Waals surface area contributed by atoms with Gasteiger partial charge in [-0.25, -0.2) is 4.79 Å². The van der Waals surface area contributed by atoms with Gasteiger partial charge in [0.2, 0.25) is 0 Å². The Kier molecular flexibility index (Phi) is 6.36. The Labute approximate surface area is 136 Å². The lowest BCUT2D eigenvalue weighted by atomic mass is 10.2. The fourth-order valence-electron chi connectivity index (χ4n) is 1.97. The Morgan fingerprint density at radius 3 is 2.30 bits per heavy atom. The second-order valence-electron chi connectivity index (χ2n) is 5.16. The minimum Gasteiger partial charge on any atom is -0.457 e. The van der Waals surface area contributed by atoms with Crippen molar-refractivity contribution in [2.45, 2.75) is 32.8 Å². The maximum Gasteiger partial charge on any atom is 0.338 e. The van der Waals surface area contributed by atoms with Gasteiger partial charge in [-0.2, -0.15) is 0 Å². The monoisotopic (exact) mass is 312 g/mol. The molecule has 120 valence electrons. The summed E-state index contributed by atoms with van der Waals surface area (Å²) < 4.78 is 10.4. The van der Waals surface area contributed by atoms with Gasteiger partial charge in [-0.1, -0.05) is 43.7 Å². The third-order valence-corrected chi connectivity index (χ3v) is 3.27. The summed E-state index contributed by atoms with van der Waals surface area (Å²) in [6.45, 7) is 2.25. The third kappa shape index (κ3) is 5.58. The Balaban J connectivity index is 1.86. The van der Waals surface area contributed by atoms with Gasteiger partial charge >= 0.3 is 11.9 Å². The SMILES string of the molecule is CCCCC(=O)Oc1ccc(C(=O)OCc2ccccc2)cc1. The Morgan fingerprint density at radius 2 is 1.65 bits per heavy atom. The van der Waals surface area contributed by atoms with Gasteiger partial charge in [0.15, 0.2) is 0 Å². The van der Waals surface area contributed by atoms with Crippen LogP contribution in [0.2, 0.25) is 0 Å². The fourth-order valence-corrected chi connectivity index (χ4v) is 1.97. The first kappa shape index (κ1) is 16.7. The molecule has 0 aliphatic heterocycles. The third-order valence-electron chi connectivity index (χ3n) is 3.27. The van der Waals surface area contributed by atoms with E-state index in [0.717, 1.165) is 18.4 Å². The normalized spacial score (nSPS) is 10.1. The molecule has 0 aliphatic rings. The van der Waals surface area contributed by atoms with Crippen LogP contribution >= 0.6 is 0 Å². The molecule has 0 bridgehead atoms. The second-order valence-corrected chi connectivity index (χ2v) is 5.16. The summed E-state index contributed by atoms with van der Waals surface area (Å²) in [5, 5.41) is 0. The smallest absolute Gasteiger partial charge is 0.338 e. The van der Waals surface area contributed by atoms with Crippen LogP contribution in [0.25, 0.3) is 0 Å². The topological polar surface area (TPSA) is 52.6 Å². The van der Waals surface area contributed by atoms with Crippen LogP contribution < -0.4 is 4.74 Å². The Bertz CT molecular complexity index is 632. The number of ether oxygens (including phenoxy) is 2. The summed E-state index contributed by atoms with van der Waals surface area (Å²) in [5.41, 5.74) is 1.36. The van der Waals surface area contributed by atoms with E-state index in [1.807, 2.05) is 37.3 Å². The predicted octanol–water partition coefficient (Wildman–Crippen LogP) is 4.14.